The minimum atomic E-state index is -0.154. The lowest BCUT2D eigenvalue weighted by Crippen LogP contribution is -2.30. The van der Waals surface area contributed by atoms with E-state index in [-0.39, 0.29) is 12.0 Å². The summed E-state index contributed by atoms with van der Waals surface area (Å²) in [6.45, 7) is 9.76. The molecule has 19 heavy (non-hydrogen) atoms. The third-order valence-corrected chi connectivity index (χ3v) is 2.72. The minimum Gasteiger partial charge on any atom is -0.395 e. The molecule has 0 aliphatic carbocycles. The summed E-state index contributed by atoms with van der Waals surface area (Å²) in [6, 6.07) is 1.81. The van der Waals surface area contributed by atoms with Gasteiger partial charge in [-0.05, 0) is 6.42 Å². The summed E-state index contributed by atoms with van der Waals surface area (Å²) in [7, 11) is 0. The number of aromatic nitrogens is 2. The smallest absolute Gasteiger partial charge is 0.145 e. The van der Waals surface area contributed by atoms with Gasteiger partial charge in [0.1, 0.15) is 17.5 Å². The normalized spacial score (nSPS) is 11.5. The fourth-order valence-electron chi connectivity index (χ4n) is 1.74. The number of aliphatic hydroxyl groups excluding tert-OH is 1. The van der Waals surface area contributed by atoms with Gasteiger partial charge in [0.2, 0.25) is 0 Å². The second-order valence-electron chi connectivity index (χ2n) is 5.54. The van der Waals surface area contributed by atoms with Crippen LogP contribution in [-0.4, -0.2) is 34.8 Å². The Morgan fingerprint density at radius 1 is 1.32 bits per heavy atom. The van der Waals surface area contributed by atoms with E-state index in [2.05, 4.69) is 43.1 Å². The van der Waals surface area contributed by atoms with E-state index in [0.29, 0.717) is 12.4 Å². The van der Waals surface area contributed by atoms with E-state index >= 15 is 0 Å². The van der Waals surface area contributed by atoms with Crippen LogP contribution < -0.4 is 16.2 Å². The molecule has 0 bridgehead atoms. The highest BCUT2D eigenvalue weighted by atomic mass is 16.3. The van der Waals surface area contributed by atoms with Crippen LogP contribution in [0.3, 0.4) is 0 Å². The van der Waals surface area contributed by atoms with Crippen molar-refractivity contribution in [1.82, 2.24) is 9.97 Å². The third-order valence-electron chi connectivity index (χ3n) is 2.72. The van der Waals surface area contributed by atoms with Gasteiger partial charge < -0.3 is 15.4 Å². The molecule has 6 nitrogen and oxygen atoms in total. The fraction of sp³-hybridized carbons (Fsp3) is 0.692. The Bertz CT molecular complexity index is 397. The quantitative estimate of drug-likeness (QED) is 0.531. The van der Waals surface area contributed by atoms with Crippen LogP contribution in [0.5, 0.6) is 0 Å². The lowest BCUT2D eigenvalue weighted by atomic mass is 9.96. The minimum absolute atomic E-state index is 0.0975. The molecule has 4 N–H and O–H groups in total. The van der Waals surface area contributed by atoms with Gasteiger partial charge in [-0.2, -0.15) is 0 Å². The molecule has 6 heteroatoms. The summed E-state index contributed by atoms with van der Waals surface area (Å²) in [5.74, 6) is 7.59. The zero-order chi connectivity index (χ0) is 14.5. The maximum atomic E-state index is 9.15. The molecule has 0 saturated carbocycles. The molecule has 1 heterocycles. The first-order chi connectivity index (χ1) is 8.92. The highest BCUT2D eigenvalue weighted by molar-refractivity contribution is 5.49. The van der Waals surface area contributed by atoms with Crippen LogP contribution in [0.25, 0.3) is 0 Å². The number of rotatable bonds is 6. The zero-order valence-electron chi connectivity index (χ0n) is 12.3. The summed E-state index contributed by atoms with van der Waals surface area (Å²) in [5.41, 5.74) is 2.42. The van der Waals surface area contributed by atoms with Crippen LogP contribution >= 0.6 is 0 Å². The first-order valence-corrected chi connectivity index (χ1v) is 6.64. The number of hydrazine groups is 1. The summed E-state index contributed by atoms with van der Waals surface area (Å²) in [5, 5.41) is 9.15. The van der Waals surface area contributed by atoms with Crippen molar-refractivity contribution in [2.75, 3.05) is 30.0 Å². The number of nitrogen functional groups attached to an aromatic ring is 1. The number of aliphatic hydroxyl groups is 1. The molecule has 0 aliphatic rings. The topological polar surface area (TPSA) is 87.3 Å². The lowest BCUT2D eigenvalue weighted by Gasteiger charge is -2.25. The predicted octanol–water partition coefficient (Wildman–Crippen LogP) is 1.27. The maximum Gasteiger partial charge on any atom is 0.145 e. The van der Waals surface area contributed by atoms with E-state index < -0.39 is 0 Å². The van der Waals surface area contributed by atoms with Gasteiger partial charge in [-0.15, -0.1) is 0 Å². The number of hydrogen-bond acceptors (Lipinski definition) is 6. The highest BCUT2D eigenvalue weighted by Gasteiger charge is 2.20. The Kier molecular flexibility index (Phi) is 5.50. The summed E-state index contributed by atoms with van der Waals surface area (Å²) in [6.07, 6.45) is 0.986. The van der Waals surface area contributed by atoms with Crippen LogP contribution in [0, 0.1) is 0 Å². The zero-order valence-corrected chi connectivity index (χ0v) is 12.3. The first kappa shape index (κ1) is 15.7. The van der Waals surface area contributed by atoms with Crippen LogP contribution in [0.1, 0.15) is 39.9 Å². The van der Waals surface area contributed by atoms with Crippen molar-refractivity contribution in [2.45, 2.75) is 39.5 Å². The maximum absolute atomic E-state index is 9.15. The Morgan fingerprint density at radius 3 is 2.47 bits per heavy atom. The van der Waals surface area contributed by atoms with Gasteiger partial charge in [0.05, 0.1) is 6.61 Å². The van der Waals surface area contributed by atoms with Crippen molar-refractivity contribution >= 4 is 11.6 Å². The average molecular weight is 267 g/mol. The van der Waals surface area contributed by atoms with Gasteiger partial charge >= 0.3 is 0 Å². The van der Waals surface area contributed by atoms with Gasteiger partial charge in [-0.25, -0.2) is 15.8 Å². The second-order valence-corrected chi connectivity index (χ2v) is 5.54. The van der Waals surface area contributed by atoms with Crippen molar-refractivity contribution in [3.8, 4) is 0 Å². The molecule has 0 aromatic carbocycles. The largest absolute Gasteiger partial charge is 0.395 e. The molecule has 0 radical (unpaired) electrons. The molecule has 0 spiro atoms. The molecule has 1 aromatic heterocycles. The van der Waals surface area contributed by atoms with Crippen LogP contribution in [-0.2, 0) is 5.41 Å². The van der Waals surface area contributed by atoms with Gasteiger partial charge in [0.15, 0.2) is 0 Å². The number of anilines is 2. The molecule has 1 rings (SSSR count). The highest BCUT2D eigenvalue weighted by Crippen LogP contribution is 2.23. The van der Waals surface area contributed by atoms with Crippen molar-refractivity contribution in [3.05, 3.63) is 11.9 Å². The van der Waals surface area contributed by atoms with E-state index in [0.717, 1.165) is 24.6 Å². The third kappa shape index (κ3) is 4.33. The van der Waals surface area contributed by atoms with Gasteiger partial charge in [-0.3, -0.25) is 0 Å². The fourth-order valence-corrected chi connectivity index (χ4v) is 1.74. The van der Waals surface area contributed by atoms with E-state index in [1.807, 2.05) is 4.90 Å². The molecule has 0 amide bonds. The molecule has 0 unspecified atom stereocenters. The Balaban J connectivity index is 3.17. The molecule has 108 valence electrons. The Morgan fingerprint density at radius 2 is 2.00 bits per heavy atom. The Labute approximate surface area is 115 Å². The van der Waals surface area contributed by atoms with E-state index in [1.165, 1.54) is 0 Å². The summed E-state index contributed by atoms with van der Waals surface area (Å²) in [4.78, 5) is 11.0. The van der Waals surface area contributed by atoms with Gasteiger partial charge in [0, 0.05) is 24.6 Å². The molecule has 1 aromatic rings. The summed E-state index contributed by atoms with van der Waals surface area (Å²) >= 11 is 0. The molecule has 0 atom stereocenters. The lowest BCUT2D eigenvalue weighted by molar-refractivity contribution is 0.301. The molecular formula is C13H25N5O. The van der Waals surface area contributed by atoms with E-state index in [1.54, 1.807) is 6.07 Å². The second kappa shape index (κ2) is 6.68. The van der Waals surface area contributed by atoms with Gasteiger partial charge in [-0.1, -0.05) is 27.7 Å². The van der Waals surface area contributed by atoms with Crippen molar-refractivity contribution in [1.29, 1.82) is 0 Å². The van der Waals surface area contributed by atoms with E-state index in [4.69, 9.17) is 10.9 Å². The van der Waals surface area contributed by atoms with Crippen LogP contribution in [0.2, 0.25) is 0 Å². The summed E-state index contributed by atoms with van der Waals surface area (Å²) < 4.78 is 0. The predicted molar refractivity (Wildman–Crippen MR) is 78.1 cm³/mol. The van der Waals surface area contributed by atoms with Crippen molar-refractivity contribution in [3.63, 3.8) is 0 Å². The van der Waals surface area contributed by atoms with Gasteiger partial charge in [0.25, 0.3) is 0 Å². The molecular weight excluding hydrogens is 242 g/mol. The van der Waals surface area contributed by atoms with Crippen molar-refractivity contribution < 1.29 is 5.11 Å². The SMILES string of the molecule is CCCN(CCO)c1cc(NN)nc(C(C)(C)C)n1. The first-order valence-electron chi connectivity index (χ1n) is 6.64. The molecule has 0 fully saturated rings. The van der Waals surface area contributed by atoms with Crippen molar-refractivity contribution in [2.24, 2.45) is 5.84 Å². The molecule has 0 aliphatic heterocycles. The van der Waals surface area contributed by atoms with E-state index in [9.17, 15) is 0 Å². The average Bonchev–Trinajstić information content (AvgIpc) is 2.37. The monoisotopic (exact) mass is 267 g/mol. The number of nitrogens with two attached hydrogens (primary N) is 1. The standard InChI is InChI=1S/C13H25N5O/c1-5-6-18(7-8-19)11-9-10(17-14)15-12(16-11)13(2,3)4/h9,19H,5-8,14H2,1-4H3,(H,15,16,17). The number of nitrogens with zero attached hydrogens (tertiary/aromatic N) is 3. The van der Waals surface area contributed by atoms with Crippen LogP contribution in [0.15, 0.2) is 6.07 Å². The number of nitrogens with one attached hydrogen (secondary N) is 1. The van der Waals surface area contributed by atoms with Crippen LogP contribution in [0.4, 0.5) is 11.6 Å². The molecule has 0 saturated heterocycles. The number of hydrogen-bond donors (Lipinski definition) is 3. The Hall–Kier alpha value is -1.40.